The molecular formula is C8H6N2O4. The lowest BCUT2D eigenvalue weighted by atomic mass is 10.3. The van der Waals surface area contributed by atoms with Crippen molar-refractivity contribution in [3.63, 3.8) is 0 Å². The number of aromatic hydroxyl groups is 1. The van der Waals surface area contributed by atoms with E-state index in [1.807, 2.05) is 5.92 Å². The molecule has 0 aliphatic heterocycles. The van der Waals surface area contributed by atoms with Crippen molar-refractivity contribution < 1.29 is 14.6 Å². The highest BCUT2D eigenvalue weighted by Crippen LogP contribution is 2.02. The number of carbonyl (C=O) groups is 1. The molecule has 0 spiro atoms. The first-order valence-electron chi connectivity index (χ1n) is 3.51. The first-order valence-corrected chi connectivity index (χ1v) is 3.51. The number of H-pyrrole nitrogens is 1. The lowest BCUT2D eigenvalue weighted by Gasteiger charge is -1.91. The van der Waals surface area contributed by atoms with Crippen molar-refractivity contribution in [2.24, 2.45) is 0 Å². The quantitative estimate of drug-likeness (QED) is 0.408. The Bertz CT molecular complexity index is 466. The number of rotatable bonds is 0. The Balaban J connectivity index is 3.13. The number of hydrogen-bond donors (Lipinski definition) is 2. The van der Waals surface area contributed by atoms with Crippen molar-refractivity contribution in [3.8, 4) is 17.7 Å². The fourth-order valence-corrected chi connectivity index (χ4v) is 0.668. The number of nitrogens with one attached hydrogen (secondary N) is 1. The van der Waals surface area contributed by atoms with Crippen molar-refractivity contribution in [3.05, 3.63) is 22.2 Å². The summed E-state index contributed by atoms with van der Waals surface area (Å²) >= 11 is 0. The molecule has 0 aliphatic rings. The molecule has 2 N–H and O–H groups in total. The van der Waals surface area contributed by atoms with Crippen LogP contribution in [0.25, 0.3) is 0 Å². The maximum Gasteiger partial charge on any atom is 0.384 e. The van der Waals surface area contributed by atoms with Gasteiger partial charge in [0.25, 0.3) is 5.56 Å². The van der Waals surface area contributed by atoms with Gasteiger partial charge >= 0.3 is 5.97 Å². The molecule has 0 aliphatic carbocycles. The summed E-state index contributed by atoms with van der Waals surface area (Å²) < 4.78 is 4.22. The fourth-order valence-electron chi connectivity index (χ4n) is 0.668. The van der Waals surface area contributed by atoms with Gasteiger partial charge in [-0.1, -0.05) is 0 Å². The van der Waals surface area contributed by atoms with Gasteiger partial charge < -0.3 is 14.8 Å². The molecule has 0 unspecified atom stereocenters. The van der Waals surface area contributed by atoms with Gasteiger partial charge in [-0.25, -0.2) is 9.78 Å². The van der Waals surface area contributed by atoms with Gasteiger partial charge in [-0.05, 0) is 5.92 Å². The van der Waals surface area contributed by atoms with Gasteiger partial charge in [-0.2, -0.15) is 0 Å². The molecule has 0 bridgehead atoms. The largest absolute Gasteiger partial charge is 0.492 e. The smallest absolute Gasteiger partial charge is 0.384 e. The molecule has 72 valence electrons. The molecule has 0 saturated carbocycles. The van der Waals surface area contributed by atoms with E-state index in [1.54, 1.807) is 0 Å². The molecule has 0 radical (unpaired) electrons. The lowest BCUT2D eigenvalue weighted by molar-refractivity contribution is -0.133. The van der Waals surface area contributed by atoms with Crippen molar-refractivity contribution in [1.82, 2.24) is 9.97 Å². The van der Waals surface area contributed by atoms with E-state index in [-0.39, 0.29) is 5.56 Å². The van der Waals surface area contributed by atoms with E-state index >= 15 is 0 Å². The Morgan fingerprint density at radius 2 is 2.43 bits per heavy atom. The molecule has 1 aromatic rings. The van der Waals surface area contributed by atoms with Crippen LogP contribution in [0.2, 0.25) is 0 Å². The highest BCUT2D eigenvalue weighted by atomic mass is 16.5. The third-order valence-corrected chi connectivity index (χ3v) is 1.31. The van der Waals surface area contributed by atoms with Crippen LogP contribution < -0.4 is 5.56 Å². The summed E-state index contributed by atoms with van der Waals surface area (Å²) in [4.78, 5) is 27.2. The zero-order chi connectivity index (χ0) is 10.6. The van der Waals surface area contributed by atoms with E-state index in [9.17, 15) is 9.59 Å². The van der Waals surface area contributed by atoms with Gasteiger partial charge in [0.1, 0.15) is 0 Å². The summed E-state index contributed by atoms with van der Waals surface area (Å²) in [5.41, 5.74) is -0.883. The third kappa shape index (κ3) is 2.10. The van der Waals surface area contributed by atoms with Crippen LogP contribution in [-0.4, -0.2) is 28.2 Å². The zero-order valence-corrected chi connectivity index (χ0v) is 7.20. The van der Waals surface area contributed by atoms with E-state index in [0.29, 0.717) is 0 Å². The van der Waals surface area contributed by atoms with Crippen LogP contribution in [0.5, 0.6) is 5.88 Å². The van der Waals surface area contributed by atoms with Crippen LogP contribution in [0.15, 0.2) is 11.1 Å². The van der Waals surface area contributed by atoms with Gasteiger partial charge in [0.2, 0.25) is 5.88 Å². The van der Waals surface area contributed by atoms with Gasteiger partial charge in [0.05, 0.1) is 13.4 Å². The number of aromatic amines is 1. The average molecular weight is 194 g/mol. The van der Waals surface area contributed by atoms with Crippen LogP contribution in [0.4, 0.5) is 0 Å². The predicted molar refractivity (Wildman–Crippen MR) is 45.4 cm³/mol. The number of nitrogens with zero attached hydrogens (tertiary/aromatic N) is 1. The number of hydrogen-bond acceptors (Lipinski definition) is 5. The first kappa shape index (κ1) is 9.80. The van der Waals surface area contributed by atoms with Crippen molar-refractivity contribution in [1.29, 1.82) is 0 Å². The first-order chi connectivity index (χ1) is 6.65. The van der Waals surface area contributed by atoms with Gasteiger partial charge in [-0.3, -0.25) is 4.79 Å². The highest BCUT2D eigenvalue weighted by molar-refractivity contribution is 5.89. The number of aromatic nitrogens is 2. The minimum atomic E-state index is -0.798. The predicted octanol–water partition coefficient (Wildman–Crippen LogP) is -1.00. The lowest BCUT2D eigenvalue weighted by Crippen LogP contribution is -2.10. The summed E-state index contributed by atoms with van der Waals surface area (Å²) in [5, 5.41) is 9.09. The summed E-state index contributed by atoms with van der Waals surface area (Å²) in [6.07, 6.45) is 1.03. The fraction of sp³-hybridized carbons (Fsp3) is 0.125. The third-order valence-electron chi connectivity index (χ3n) is 1.31. The van der Waals surface area contributed by atoms with E-state index in [2.05, 4.69) is 20.6 Å². The minimum absolute atomic E-state index is 0.266. The molecule has 1 aromatic heterocycles. The van der Waals surface area contributed by atoms with Crippen molar-refractivity contribution in [2.75, 3.05) is 7.11 Å². The van der Waals surface area contributed by atoms with E-state index in [4.69, 9.17) is 5.11 Å². The molecular weight excluding hydrogens is 188 g/mol. The molecule has 0 atom stereocenters. The Hall–Kier alpha value is -2.29. The molecule has 6 heteroatoms. The molecule has 0 fully saturated rings. The molecule has 6 nitrogen and oxygen atoms in total. The van der Waals surface area contributed by atoms with Crippen LogP contribution in [0.3, 0.4) is 0 Å². The normalized spacial score (nSPS) is 8.64. The second-order valence-electron chi connectivity index (χ2n) is 2.17. The van der Waals surface area contributed by atoms with Crippen LogP contribution in [0.1, 0.15) is 5.56 Å². The Morgan fingerprint density at radius 1 is 1.71 bits per heavy atom. The average Bonchev–Trinajstić information content (AvgIpc) is 2.16. The summed E-state index contributed by atoms with van der Waals surface area (Å²) in [6, 6.07) is 0. The SMILES string of the molecule is COC(=O)C#Cc1c(O)nc[nH]c1=O. The molecule has 0 aromatic carbocycles. The van der Waals surface area contributed by atoms with E-state index in [1.165, 1.54) is 0 Å². The maximum atomic E-state index is 11.0. The van der Waals surface area contributed by atoms with Gasteiger partial charge in [0.15, 0.2) is 5.56 Å². The molecule has 14 heavy (non-hydrogen) atoms. The number of ether oxygens (including phenoxy) is 1. The molecule has 0 amide bonds. The van der Waals surface area contributed by atoms with E-state index in [0.717, 1.165) is 13.4 Å². The number of carbonyl (C=O) groups excluding carboxylic acids is 1. The minimum Gasteiger partial charge on any atom is -0.492 e. The Labute approximate surface area is 78.6 Å². The Kier molecular flexibility index (Phi) is 2.86. The summed E-state index contributed by atoms with van der Waals surface area (Å²) in [6.45, 7) is 0. The number of esters is 1. The number of methoxy groups -OCH3 is 1. The maximum absolute atomic E-state index is 11.0. The highest BCUT2D eigenvalue weighted by Gasteiger charge is 2.03. The van der Waals surface area contributed by atoms with Crippen LogP contribution in [0, 0.1) is 11.8 Å². The van der Waals surface area contributed by atoms with Gasteiger partial charge in [-0.15, -0.1) is 0 Å². The zero-order valence-electron chi connectivity index (χ0n) is 7.20. The van der Waals surface area contributed by atoms with Crippen LogP contribution >= 0.6 is 0 Å². The molecule has 0 saturated heterocycles. The molecule has 1 rings (SSSR count). The summed E-state index contributed by atoms with van der Waals surface area (Å²) in [5.74, 6) is 2.83. The second-order valence-corrected chi connectivity index (χ2v) is 2.17. The standard InChI is InChI=1S/C8H6N2O4/c1-14-6(11)3-2-5-7(12)9-4-10-8(5)13/h4H,1H3,(H2,9,10,12,13). The second kappa shape index (κ2) is 4.09. The van der Waals surface area contributed by atoms with Gasteiger partial charge in [0, 0.05) is 5.92 Å². The van der Waals surface area contributed by atoms with E-state index < -0.39 is 17.4 Å². The monoisotopic (exact) mass is 194 g/mol. The van der Waals surface area contributed by atoms with Crippen molar-refractivity contribution in [2.45, 2.75) is 0 Å². The van der Waals surface area contributed by atoms with Crippen molar-refractivity contribution >= 4 is 5.97 Å². The topological polar surface area (TPSA) is 92.3 Å². The van der Waals surface area contributed by atoms with Crippen LogP contribution in [-0.2, 0) is 9.53 Å². The Morgan fingerprint density at radius 3 is 3.00 bits per heavy atom. The molecule has 1 heterocycles. The summed E-state index contributed by atoms with van der Waals surface area (Å²) in [7, 11) is 1.16.